The molecule has 1 aliphatic heterocycles. The minimum absolute atomic E-state index is 0.182. The summed E-state index contributed by atoms with van der Waals surface area (Å²) in [5.41, 5.74) is 0. The summed E-state index contributed by atoms with van der Waals surface area (Å²) in [6, 6.07) is 0.346. The second-order valence-electron chi connectivity index (χ2n) is 8.00. The molecule has 5 atom stereocenters. The normalized spacial score (nSPS) is 41.2. The van der Waals surface area contributed by atoms with E-state index < -0.39 is 5.97 Å². The van der Waals surface area contributed by atoms with Crippen molar-refractivity contribution in [2.75, 3.05) is 6.54 Å². The molecule has 5 unspecified atom stereocenters. The van der Waals surface area contributed by atoms with Crippen LogP contribution in [0.3, 0.4) is 0 Å². The van der Waals surface area contributed by atoms with Gasteiger partial charge >= 0.3 is 5.97 Å². The highest BCUT2D eigenvalue weighted by atomic mass is 16.4. The van der Waals surface area contributed by atoms with Crippen LogP contribution in [0.2, 0.25) is 0 Å². The van der Waals surface area contributed by atoms with Crippen LogP contribution in [0.15, 0.2) is 0 Å². The lowest BCUT2D eigenvalue weighted by Crippen LogP contribution is -2.45. The van der Waals surface area contributed by atoms with Gasteiger partial charge in [0.05, 0.1) is 0 Å². The third-order valence-electron chi connectivity index (χ3n) is 6.57. The van der Waals surface area contributed by atoms with E-state index in [9.17, 15) is 9.90 Å². The molecule has 0 radical (unpaired) electrons. The van der Waals surface area contributed by atoms with Gasteiger partial charge < -0.3 is 5.11 Å². The molecule has 3 heteroatoms. The number of carboxylic acids is 1. The van der Waals surface area contributed by atoms with Gasteiger partial charge in [0.25, 0.3) is 0 Å². The number of aliphatic carboxylic acids is 1. The summed E-state index contributed by atoms with van der Waals surface area (Å²) >= 11 is 0. The molecule has 3 rings (SSSR count). The smallest absolute Gasteiger partial charge is 0.321 e. The summed E-state index contributed by atoms with van der Waals surface area (Å²) in [5.74, 6) is 2.16. The molecule has 2 aliphatic carbocycles. The lowest BCUT2D eigenvalue weighted by molar-refractivity contribution is -0.144. The van der Waals surface area contributed by atoms with Crippen LogP contribution in [-0.2, 0) is 4.79 Å². The Hall–Kier alpha value is -0.570. The van der Waals surface area contributed by atoms with E-state index in [4.69, 9.17) is 0 Å². The SMILES string of the molecule is CC(C)C1CCCC(N2CC3CCCC3C2C(=O)O)CC1. The number of carbonyl (C=O) groups is 1. The molecule has 21 heavy (non-hydrogen) atoms. The molecule has 0 aromatic heterocycles. The Morgan fingerprint density at radius 2 is 1.81 bits per heavy atom. The Labute approximate surface area is 129 Å². The fourth-order valence-electron chi connectivity index (χ4n) is 5.35. The van der Waals surface area contributed by atoms with Gasteiger partial charge in [-0.15, -0.1) is 0 Å². The van der Waals surface area contributed by atoms with Crippen molar-refractivity contribution >= 4 is 5.97 Å². The molecule has 1 saturated heterocycles. The van der Waals surface area contributed by atoms with Crippen molar-refractivity contribution < 1.29 is 9.90 Å². The number of hydrogen-bond acceptors (Lipinski definition) is 2. The van der Waals surface area contributed by atoms with Crippen molar-refractivity contribution in [3.63, 3.8) is 0 Å². The zero-order valence-electron chi connectivity index (χ0n) is 13.6. The second-order valence-corrected chi connectivity index (χ2v) is 8.00. The molecule has 0 bridgehead atoms. The Balaban J connectivity index is 1.69. The Morgan fingerprint density at radius 3 is 2.52 bits per heavy atom. The summed E-state index contributed by atoms with van der Waals surface area (Å²) in [5, 5.41) is 9.73. The second kappa shape index (κ2) is 6.28. The summed E-state index contributed by atoms with van der Waals surface area (Å²) in [6.45, 7) is 5.73. The monoisotopic (exact) mass is 293 g/mol. The molecule has 0 aromatic carbocycles. The zero-order chi connectivity index (χ0) is 15.0. The Bertz CT molecular complexity index is 381. The summed E-state index contributed by atoms with van der Waals surface area (Å²) in [4.78, 5) is 14.2. The van der Waals surface area contributed by atoms with Crippen LogP contribution in [0.4, 0.5) is 0 Å². The maximum Gasteiger partial charge on any atom is 0.321 e. The predicted molar refractivity (Wildman–Crippen MR) is 84.2 cm³/mol. The van der Waals surface area contributed by atoms with Gasteiger partial charge in [0.15, 0.2) is 0 Å². The van der Waals surface area contributed by atoms with E-state index in [1.807, 2.05) is 0 Å². The van der Waals surface area contributed by atoms with Crippen LogP contribution in [-0.4, -0.2) is 34.6 Å². The van der Waals surface area contributed by atoms with Gasteiger partial charge in [-0.2, -0.15) is 0 Å². The van der Waals surface area contributed by atoms with Crippen LogP contribution in [0.1, 0.15) is 65.2 Å². The molecule has 3 nitrogen and oxygen atoms in total. The average molecular weight is 293 g/mol. The van der Waals surface area contributed by atoms with E-state index >= 15 is 0 Å². The fourth-order valence-corrected chi connectivity index (χ4v) is 5.35. The predicted octanol–water partition coefficient (Wildman–Crippen LogP) is 3.78. The third-order valence-corrected chi connectivity index (χ3v) is 6.57. The highest BCUT2D eigenvalue weighted by Gasteiger charge is 2.49. The zero-order valence-corrected chi connectivity index (χ0v) is 13.6. The number of likely N-dealkylation sites (tertiary alicyclic amines) is 1. The molecule has 0 aromatic rings. The molecule has 1 N–H and O–H groups in total. The molecule has 3 fully saturated rings. The lowest BCUT2D eigenvalue weighted by atomic mass is 9.89. The minimum Gasteiger partial charge on any atom is -0.480 e. The minimum atomic E-state index is -0.561. The van der Waals surface area contributed by atoms with E-state index in [0.717, 1.165) is 24.8 Å². The van der Waals surface area contributed by atoms with Gasteiger partial charge in [0.1, 0.15) is 6.04 Å². The fraction of sp³-hybridized carbons (Fsp3) is 0.944. The lowest BCUT2D eigenvalue weighted by Gasteiger charge is -2.32. The molecule has 120 valence electrons. The van der Waals surface area contributed by atoms with Crippen molar-refractivity contribution in [2.45, 2.75) is 77.3 Å². The quantitative estimate of drug-likeness (QED) is 0.805. The first kappa shape index (κ1) is 15.3. The topological polar surface area (TPSA) is 40.5 Å². The Kier molecular flexibility index (Phi) is 4.58. The summed E-state index contributed by atoms with van der Waals surface area (Å²) < 4.78 is 0. The molecular weight excluding hydrogens is 262 g/mol. The third kappa shape index (κ3) is 2.99. The highest BCUT2D eigenvalue weighted by molar-refractivity contribution is 5.74. The average Bonchev–Trinajstić information content (AvgIpc) is 2.90. The van der Waals surface area contributed by atoms with Crippen molar-refractivity contribution in [2.24, 2.45) is 23.7 Å². The van der Waals surface area contributed by atoms with Crippen molar-refractivity contribution in [1.82, 2.24) is 4.90 Å². The summed E-state index contributed by atoms with van der Waals surface area (Å²) in [7, 11) is 0. The number of carboxylic acid groups (broad SMARTS) is 1. The van der Waals surface area contributed by atoms with Crippen molar-refractivity contribution in [1.29, 1.82) is 0 Å². The van der Waals surface area contributed by atoms with Gasteiger partial charge in [0.2, 0.25) is 0 Å². The van der Waals surface area contributed by atoms with Gasteiger partial charge in [-0.25, -0.2) is 0 Å². The Morgan fingerprint density at radius 1 is 1.05 bits per heavy atom. The number of rotatable bonds is 3. The molecule has 0 amide bonds. The van der Waals surface area contributed by atoms with E-state index in [-0.39, 0.29) is 6.04 Å². The van der Waals surface area contributed by atoms with Gasteiger partial charge in [-0.1, -0.05) is 33.1 Å². The summed E-state index contributed by atoms with van der Waals surface area (Å²) in [6.07, 6.45) is 9.98. The molecule has 0 spiro atoms. The van der Waals surface area contributed by atoms with Gasteiger partial charge in [0, 0.05) is 12.6 Å². The van der Waals surface area contributed by atoms with Crippen LogP contribution >= 0.6 is 0 Å². The van der Waals surface area contributed by atoms with Crippen LogP contribution in [0, 0.1) is 23.7 Å². The van der Waals surface area contributed by atoms with Crippen LogP contribution in [0.5, 0.6) is 0 Å². The maximum absolute atomic E-state index is 11.8. The van der Waals surface area contributed by atoms with E-state index in [2.05, 4.69) is 18.7 Å². The number of nitrogens with zero attached hydrogens (tertiary/aromatic N) is 1. The first-order valence-electron chi connectivity index (χ1n) is 9.06. The highest BCUT2D eigenvalue weighted by Crippen LogP contribution is 2.44. The molecule has 2 saturated carbocycles. The van der Waals surface area contributed by atoms with E-state index in [1.54, 1.807) is 0 Å². The largest absolute Gasteiger partial charge is 0.480 e. The number of hydrogen-bond donors (Lipinski definition) is 1. The maximum atomic E-state index is 11.8. The van der Waals surface area contributed by atoms with Gasteiger partial charge in [-0.05, 0) is 55.8 Å². The van der Waals surface area contributed by atoms with Gasteiger partial charge in [-0.3, -0.25) is 9.69 Å². The molecule has 3 aliphatic rings. The van der Waals surface area contributed by atoms with Crippen molar-refractivity contribution in [3.05, 3.63) is 0 Å². The molecule has 1 heterocycles. The first-order valence-corrected chi connectivity index (χ1v) is 9.06. The van der Waals surface area contributed by atoms with Crippen LogP contribution < -0.4 is 0 Å². The van der Waals surface area contributed by atoms with E-state index in [1.165, 1.54) is 44.9 Å². The van der Waals surface area contributed by atoms with E-state index in [0.29, 0.717) is 17.9 Å². The first-order chi connectivity index (χ1) is 10.1. The number of fused-ring (bicyclic) bond motifs is 1. The standard InChI is InChI=1S/C18H31NO2/c1-12(2)13-5-3-7-15(10-9-13)19-11-14-6-4-8-16(14)17(19)18(20)21/h12-17H,3-11H2,1-2H3,(H,20,21). The van der Waals surface area contributed by atoms with Crippen molar-refractivity contribution in [3.8, 4) is 0 Å². The molecular formula is C18H31NO2. The van der Waals surface area contributed by atoms with Crippen LogP contribution in [0.25, 0.3) is 0 Å².